The molecule has 1 amide bonds. The van der Waals surface area contributed by atoms with Crippen LogP contribution < -0.4 is 5.32 Å². The Labute approximate surface area is 156 Å². The fraction of sp³-hybridized carbons (Fsp3) is 0.188. The van der Waals surface area contributed by atoms with Crippen molar-refractivity contribution in [2.24, 2.45) is 0 Å². The molecule has 0 fully saturated rings. The molecule has 0 aliphatic carbocycles. The minimum atomic E-state index is -1.02. The van der Waals surface area contributed by atoms with Crippen LogP contribution in [0.4, 0.5) is 10.7 Å². The standard InChI is InChI=1S/C16H13N3O5S2/c1-10(15(21)18-16-11(8-17)6-7-25-16)24-14(20)9-26-13-4-2-12(3-5-13)19(22)23/h2-7,10H,9H2,1H3,(H,18,21)/t10-/m0/s1. The van der Waals surface area contributed by atoms with E-state index < -0.39 is 22.9 Å². The van der Waals surface area contributed by atoms with E-state index in [0.29, 0.717) is 15.5 Å². The minimum absolute atomic E-state index is 0.0347. The quantitative estimate of drug-likeness (QED) is 0.333. The second kappa shape index (κ2) is 8.98. The molecule has 8 nitrogen and oxygen atoms in total. The molecule has 1 N–H and O–H groups in total. The lowest BCUT2D eigenvalue weighted by Crippen LogP contribution is -2.30. The van der Waals surface area contributed by atoms with Crippen molar-refractivity contribution in [2.45, 2.75) is 17.9 Å². The van der Waals surface area contributed by atoms with E-state index in [4.69, 9.17) is 10.00 Å². The molecule has 1 heterocycles. The first-order valence-electron chi connectivity index (χ1n) is 7.26. The molecule has 2 rings (SSSR count). The third-order valence-electron chi connectivity index (χ3n) is 3.10. The molecule has 10 heteroatoms. The summed E-state index contributed by atoms with van der Waals surface area (Å²) in [5, 5.41) is 24.1. The summed E-state index contributed by atoms with van der Waals surface area (Å²) in [4.78, 5) is 34.6. The van der Waals surface area contributed by atoms with Gasteiger partial charge in [0.25, 0.3) is 11.6 Å². The summed E-state index contributed by atoms with van der Waals surface area (Å²) in [5.74, 6) is -1.17. The molecule has 2 aromatic rings. The molecule has 134 valence electrons. The molecule has 1 atom stereocenters. The van der Waals surface area contributed by atoms with E-state index in [1.165, 1.54) is 42.5 Å². The Morgan fingerprint density at radius 3 is 2.69 bits per heavy atom. The molecule has 26 heavy (non-hydrogen) atoms. The number of nitriles is 1. The highest BCUT2D eigenvalue weighted by molar-refractivity contribution is 8.00. The van der Waals surface area contributed by atoms with E-state index in [0.717, 1.165) is 11.8 Å². The summed E-state index contributed by atoms with van der Waals surface area (Å²) in [6.07, 6.45) is -1.02. The van der Waals surface area contributed by atoms with Crippen molar-refractivity contribution in [1.82, 2.24) is 0 Å². The van der Waals surface area contributed by atoms with Crippen molar-refractivity contribution in [3.8, 4) is 6.07 Å². The van der Waals surface area contributed by atoms with Crippen LogP contribution in [0.5, 0.6) is 0 Å². The second-order valence-electron chi connectivity index (χ2n) is 4.94. The van der Waals surface area contributed by atoms with Crippen LogP contribution in [0, 0.1) is 21.4 Å². The Bertz CT molecular complexity index is 858. The number of nitro benzene ring substituents is 1. The number of ether oxygens (including phenoxy) is 1. The number of non-ortho nitro benzene ring substituents is 1. The third kappa shape index (κ3) is 5.30. The Morgan fingerprint density at radius 2 is 2.08 bits per heavy atom. The van der Waals surface area contributed by atoms with E-state index >= 15 is 0 Å². The number of amides is 1. The number of benzene rings is 1. The lowest BCUT2D eigenvalue weighted by atomic mass is 10.3. The maximum absolute atomic E-state index is 12.0. The van der Waals surface area contributed by atoms with Crippen LogP contribution in [0.2, 0.25) is 0 Å². The van der Waals surface area contributed by atoms with Gasteiger partial charge in [-0.3, -0.25) is 19.7 Å². The van der Waals surface area contributed by atoms with Crippen molar-refractivity contribution in [2.75, 3.05) is 11.1 Å². The highest BCUT2D eigenvalue weighted by atomic mass is 32.2. The van der Waals surface area contributed by atoms with E-state index in [1.54, 1.807) is 11.4 Å². The number of esters is 1. The zero-order chi connectivity index (χ0) is 19.1. The van der Waals surface area contributed by atoms with Gasteiger partial charge in [0.15, 0.2) is 6.10 Å². The number of anilines is 1. The third-order valence-corrected chi connectivity index (χ3v) is 4.92. The molecule has 0 saturated carbocycles. The zero-order valence-corrected chi connectivity index (χ0v) is 15.1. The Balaban J connectivity index is 1.82. The van der Waals surface area contributed by atoms with Gasteiger partial charge in [-0.2, -0.15) is 5.26 Å². The first-order valence-corrected chi connectivity index (χ1v) is 9.12. The summed E-state index contributed by atoms with van der Waals surface area (Å²) in [7, 11) is 0. The van der Waals surface area contributed by atoms with E-state index in [-0.39, 0.29) is 11.4 Å². The SMILES string of the molecule is C[C@H](OC(=O)CSc1ccc([N+](=O)[O-])cc1)C(=O)Nc1sccc1C#N. The van der Waals surface area contributed by atoms with Crippen LogP contribution >= 0.6 is 23.1 Å². The summed E-state index contributed by atoms with van der Waals surface area (Å²) in [5.41, 5.74) is 0.308. The van der Waals surface area contributed by atoms with Gasteiger partial charge in [0.1, 0.15) is 11.1 Å². The predicted molar refractivity (Wildman–Crippen MR) is 97.0 cm³/mol. The number of thioether (sulfide) groups is 1. The number of thiophene rings is 1. The summed E-state index contributed by atoms with van der Waals surface area (Å²) in [6, 6.07) is 9.29. The molecule has 0 aliphatic rings. The number of rotatable bonds is 7. The van der Waals surface area contributed by atoms with Crippen LogP contribution in [0.1, 0.15) is 12.5 Å². The number of nitrogens with zero attached hydrogens (tertiary/aromatic N) is 2. The predicted octanol–water partition coefficient (Wildman–Crippen LogP) is 3.19. The first-order chi connectivity index (χ1) is 12.4. The number of carbonyl (C=O) groups excluding carboxylic acids is 2. The van der Waals surface area contributed by atoms with Crippen LogP contribution in [0.25, 0.3) is 0 Å². The van der Waals surface area contributed by atoms with Gasteiger partial charge >= 0.3 is 5.97 Å². The Kier molecular flexibility index (Phi) is 6.71. The van der Waals surface area contributed by atoms with E-state index in [2.05, 4.69) is 5.32 Å². The number of hydrogen-bond acceptors (Lipinski definition) is 8. The molecule has 1 aromatic heterocycles. The molecule has 0 bridgehead atoms. The van der Waals surface area contributed by atoms with Gasteiger partial charge in [0.2, 0.25) is 0 Å². The molecule has 0 radical (unpaired) electrons. The molecular formula is C16H13N3O5S2. The summed E-state index contributed by atoms with van der Waals surface area (Å²) < 4.78 is 5.06. The Hall–Kier alpha value is -2.90. The lowest BCUT2D eigenvalue weighted by Gasteiger charge is -2.12. The van der Waals surface area contributed by atoms with Gasteiger partial charge in [-0.15, -0.1) is 23.1 Å². The van der Waals surface area contributed by atoms with Crippen molar-refractivity contribution >= 4 is 45.7 Å². The van der Waals surface area contributed by atoms with E-state index in [1.807, 2.05) is 6.07 Å². The highest BCUT2D eigenvalue weighted by Gasteiger charge is 2.19. The van der Waals surface area contributed by atoms with Crippen LogP contribution in [0.15, 0.2) is 40.6 Å². The first kappa shape index (κ1) is 19.4. The number of hydrogen-bond donors (Lipinski definition) is 1. The minimum Gasteiger partial charge on any atom is -0.452 e. The maximum atomic E-state index is 12.0. The molecular weight excluding hydrogens is 378 g/mol. The normalized spacial score (nSPS) is 11.2. The highest BCUT2D eigenvalue weighted by Crippen LogP contribution is 2.23. The molecule has 0 aliphatic heterocycles. The molecule has 0 unspecified atom stereocenters. The van der Waals surface area contributed by atoms with Gasteiger partial charge < -0.3 is 10.1 Å². The van der Waals surface area contributed by atoms with Gasteiger partial charge in [-0.05, 0) is 30.5 Å². The van der Waals surface area contributed by atoms with Crippen LogP contribution in [-0.2, 0) is 14.3 Å². The second-order valence-corrected chi connectivity index (χ2v) is 6.90. The van der Waals surface area contributed by atoms with E-state index in [9.17, 15) is 19.7 Å². The number of carbonyl (C=O) groups is 2. The largest absolute Gasteiger partial charge is 0.452 e. The number of nitro groups is 1. The molecule has 0 spiro atoms. The van der Waals surface area contributed by atoms with Crippen molar-refractivity contribution in [3.63, 3.8) is 0 Å². The fourth-order valence-corrected chi connectivity index (χ4v) is 3.22. The summed E-state index contributed by atoms with van der Waals surface area (Å²) in [6.45, 7) is 1.43. The smallest absolute Gasteiger partial charge is 0.317 e. The van der Waals surface area contributed by atoms with Crippen LogP contribution in [0.3, 0.4) is 0 Å². The zero-order valence-electron chi connectivity index (χ0n) is 13.5. The van der Waals surface area contributed by atoms with Crippen molar-refractivity contribution in [3.05, 3.63) is 51.4 Å². The van der Waals surface area contributed by atoms with Crippen LogP contribution in [-0.4, -0.2) is 28.7 Å². The van der Waals surface area contributed by atoms with Gasteiger partial charge in [-0.1, -0.05) is 0 Å². The summed E-state index contributed by atoms with van der Waals surface area (Å²) >= 11 is 2.35. The van der Waals surface area contributed by atoms with Crippen molar-refractivity contribution in [1.29, 1.82) is 5.26 Å². The number of nitrogens with one attached hydrogen (secondary N) is 1. The molecule has 1 aromatic carbocycles. The van der Waals surface area contributed by atoms with Gasteiger partial charge in [0.05, 0.1) is 16.2 Å². The lowest BCUT2D eigenvalue weighted by molar-refractivity contribution is -0.384. The average molecular weight is 391 g/mol. The Morgan fingerprint density at radius 1 is 1.38 bits per heavy atom. The maximum Gasteiger partial charge on any atom is 0.317 e. The monoisotopic (exact) mass is 391 g/mol. The average Bonchev–Trinajstić information content (AvgIpc) is 3.07. The molecule has 0 saturated heterocycles. The topological polar surface area (TPSA) is 122 Å². The van der Waals surface area contributed by atoms with Gasteiger partial charge in [-0.25, -0.2) is 0 Å². The van der Waals surface area contributed by atoms with Gasteiger partial charge in [0, 0.05) is 17.0 Å². The van der Waals surface area contributed by atoms with Crippen molar-refractivity contribution < 1.29 is 19.2 Å². The fourth-order valence-electron chi connectivity index (χ4n) is 1.80.